The van der Waals surface area contributed by atoms with Crippen LogP contribution in [-0.4, -0.2) is 42.1 Å². The van der Waals surface area contributed by atoms with Crippen molar-refractivity contribution in [3.05, 3.63) is 80.9 Å². The molecule has 1 N–H and O–H groups in total. The van der Waals surface area contributed by atoms with E-state index < -0.39 is 10.8 Å². The molecule has 1 amide bonds. The van der Waals surface area contributed by atoms with Crippen molar-refractivity contribution in [1.29, 1.82) is 0 Å². The minimum Gasteiger partial charge on any atom is -0.436 e. The lowest BCUT2D eigenvalue weighted by molar-refractivity contribution is -0.384. The van der Waals surface area contributed by atoms with Crippen LogP contribution >= 0.6 is 0 Å². The highest BCUT2D eigenvalue weighted by molar-refractivity contribution is 6.05. The molecule has 9 heteroatoms. The fraction of sp³-hybridized carbons (Fsp3) is 0.259. The Morgan fingerprint density at radius 3 is 2.50 bits per heavy atom. The Kier molecular flexibility index (Phi) is 6.15. The number of amides is 1. The number of nitrogens with one attached hydrogen (secondary N) is 1. The van der Waals surface area contributed by atoms with Crippen molar-refractivity contribution in [3.63, 3.8) is 0 Å². The third-order valence-electron chi connectivity index (χ3n) is 6.52. The first-order valence-electron chi connectivity index (χ1n) is 11.7. The third kappa shape index (κ3) is 4.52. The first kappa shape index (κ1) is 23.5. The van der Waals surface area contributed by atoms with Gasteiger partial charge in [-0.2, -0.15) is 0 Å². The average molecular weight is 487 g/mol. The van der Waals surface area contributed by atoms with E-state index in [1.165, 1.54) is 6.07 Å². The lowest BCUT2D eigenvalue weighted by Gasteiger charge is -2.28. The number of benzene rings is 3. The van der Waals surface area contributed by atoms with Gasteiger partial charge < -0.3 is 19.4 Å². The molecule has 36 heavy (non-hydrogen) atoms. The van der Waals surface area contributed by atoms with E-state index in [2.05, 4.69) is 10.3 Å². The van der Waals surface area contributed by atoms with Gasteiger partial charge in [0.2, 0.25) is 5.89 Å². The van der Waals surface area contributed by atoms with Crippen molar-refractivity contribution in [2.45, 2.75) is 20.8 Å². The van der Waals surface area contributed by atoms with Gasteiger partial charge in [0.25, 0.3) is 11.6 Å². The maximum absolute atomic E-state index is 13.1. The molecule has 0 bridgehead atoms. The van der Waals surface area contributed by atoms with Crippen molar-refractivity contribution in [3.8, 4) is 11.5 Å². The number of hydrogen-bond acceptors (Lipinski definition) is 7. The largest absolute Gasteiger partial charge is 0.436 e. The van der Waals surface area contributed by atoms with Crippen LogP contribution in [0.4, 0.5) is 17.1 Å². The third-order valence-corrected chi connectivity index (χ3v) is 6.52. The molecule has 1 aromatic heterocycles. The summed E-state index contributed by atoms with van der Waals surface area (Å²) in [5.41, 5.74) is 6.45. The van der Waals surface area contributed by atoms with Gasteiger partial charge >= 0.3 is 0 Å². The van der Waals surface area contributed by atoms with Gasteiger partial charge in [-0.1, -0.05) is 6.07 Å². The summed E-state index contributed by atoms with van der Waals surface area (Å²) in [6.45, 7) is 8.07. The van der Waals surface area contributed by atoms with Crippen LogP contribution in [0.2, 0.25) is 0 Å². The molecule has 0 unspecified atom stereocenters. The van der Waals surface area contributed by atoms with E-state index in [0.29, 0.717) is 49.2 Å². The number of rotatable bonds is 5. The van der Waals surface area contributed by atoms with Crippen LogP contribution in [0.5, 0.6) is 0 Å². The summed E-state index contributed by atoms with van der Waals surface area (Å²) in [6.07, 6.45) is 0. The molecule has 1 fully saturated rings. The van der Waals surface area contributed by atoms with Crippen LogP contribution in [0.1, 0.15) is 27.0 Å². The number of oxazole rings is 1. The predicted molar refractivity (Wildman–Crippen MR) is 138 cm³/mol. The maximum Gasteiger partial charge on any atom is 0.293 e. The van der Waals surface area contributed by atoms with Crippen LogP contribution < -0.4 is 10.2 Å². The Morgan fingerprint density at radius 2 is 1.75 bits per heavy atom. The highest BCUT2D eigenvalue weighted by atomic mass is 16.6. The molecule has 9 nitrogen and oxygen atoms in total. The van der Waals surface area contributed by atoms with E-state index >= 15 is 0 Å². The fourth-order valence-corrected chi connectivity index (χ4v) is 4.27. The summed E-state index contributed by atoms with van der Waals surface area (Å²) in [7, 11) is 0. The molecular weight excluding hydrogens is 460 g/mol. The maximum atomic E-state index is 13.1. The number of nitro benzene ring substituents is 1. The van der Waals surface area contributed by atoms with Gasteiger partial charge in [0.1, 0.15) is 11.2 Å². The summed E-state index contributed by atoms with van der Waals surface area (Å²) in [4.78, 5) is 30.9. The second-order valence-electron chi connectivity index (χ2n) is 8.97. The standard InChI is InChI=1S/C27H26N4O5/c1-16-4-5-20(27-29-22-12-17(2)18(3)13-25(22)36-27)14-21(16)28-26(32)19-6-7-23(24(15-19)31(33)34)30-8-10-35-11-9-30/h4-7,12-15H,8-11H2,1-3H3,(H,28,32). The Balaban J connectivity index is 1.42. The van der Waals surface area contributed by atoms with E-state index in [0.717, 1.165) is 27.8 Å². The van der Waals surface area contributed by atoms with E-state index in [-0.39, 0.29) is 11.3 Å². The highest BCUT2D eigenvalue weighted by Gasteiger charge is 2.23. The SMILES string of the molecule is Cc1cc2nc(-c3ccc(C)c(NC(=O)c4ccc(N5CCOCC5)c([N+](=O)[O-])c4)c3)oc2cc1C. The number of nitro groups is 1. The smallest absolute Gasteiger partial charge is 0.293 e. The normalized spacial score (nSPS) is 13.7. The molecule has 0 saturated carbocycles. The summed E-state index contributed by atoms with van der Waals surface area (Å²) < 4.78 is 11.3. The Morgan fingerprint density at radius 1 is 1.00 bits per heavy atom. The zero-order valence-electron chi connectivity index (χ0n) is 20.3. The van der Waals surface area contributed by atoms with Crippen LogP contribution in [0.25, 0.3) is 22.6 Å². The summed E-state index contributed by atoms with van der Waals surface area (Å²) in [5, 5.41) is 14.7. The van der Waals surface area contributed by atoms with Crippen LogP contribution in [0, 0.1) is 30.9 Å². The number of nitrogens with zero attached hydrogens (tertiary/aromatic N) is 3. The summed E-state index contributed by atoms with van der Waals surface area (Å²) >= 11 is 0. The topological polar surface area (TPSA) is 111 Å². The number of anilines is 2. The fourth-order valence-electron chi connectivity index (χ4n) is 4.27. The molecule has 0 spiro atoms. The minimum absolute atomic E-state index is 0.105. The number of carbonyl (C=O) groups is 1. The average Bonchev–Trinajstić information content (AvgIpc) is 3.28. The van der Waals surface area contributed by atoms with Crippen molar-refractivity contribution >= 4 is 34.1 Å². The molecular formula is C27H26N4O5. The Hall–Kier alpha value is -4.24. The van der Waals surface area contributed by atoms with Crippen molar-refractivity contribution in [1.82, 2.24) is 4.98 Å². The summed E-state index contributed by atoms with van der Waals surface area (Å²) in [5.74, 6) is 0.0201. The van der Waals surface area contributed by atoms with Crippen molar-refractivity contribution in [2.75, 3.05) is 36.5 Å². The number of fused-ring (bicyclic) bond motifs is 1. The molecule has 0 aliphatic carbocycles. The number of morpholine rings is 1. The number of aryl methyl sites for hydroxylation is 3. The second-order valence-corrected chi connectivity index (χ2v) is 8.97. The minimum atomic E-state index is -0.454. The molecule has 1 aliphatic rings. The number of carbonyl (C=O) groups excluding carboxylic acids is 1. The highest BCUT2D eigenvalue weighted by Crippen LogP contribution is 2.32. The van der Waals surface area contributed by atoms with Gasteiger partial charge in [0.15, 0.2) is 5.58 Å². The first-order valence-corrected chi connectivity index (χ1v) is 11.7. The molecule has 5 rings (SSSR count). The Bertz CT molecular complexity index is 1450. The van der Waals surface area contributed by atoms with Gasteiger partial charge in [-0.3, -0.25) is 14.9 Å². The van der Waals surface area contributed by atoms with Gasteiger partial charge in [0.05, 0.1) is 18.1 Å². The number of hydrogen-bond donors (Lipinski definition) is 1. The van der Waals surface area contributed by atoms with Gasteiger partial charge in [-0.25, -0.2) is 4.98 Å². The zero-order valence-corrected chi connectivity index (χ0v) is 20.3. The molecule has 1 saturated heterocycles. The molecule has 3 aromatic carbocycles. The lowest BCUT2D eigenvalue weighted by Crippen LogP contribution is -2.36. The van der Waals surface area contributed by atoms with E-state index in [1.807, 2.05) is 49.9 Å². The van der Waals surface area contributed by atoms with Crippen LogP contribution in [0.3, 0.4) is 0 Å². The van der Waals surface area contributed by atoms with Crippen LogP contribution in [0.15, 0.2) is 52.9 Å². The van der Waals surface area contributed by atoms with Gasteiger partial charge in [0, 0.05) is 36.0 Å². The van der Waals surface area contributed by atoms with Gasteiger partial charge in [-0.15, -0.1) is 0 Å². The van der Waals surface area contributed by atoms with Crippen LogP contribution in [-0.2, 0) is 4.74 Å². The Labute approximate surface area is 207 Å². The van der Waals surface area contributed by atoms with E-state index in [9.17, 15) is 14.9 Å². The predicted octanol–water partition coefficient (Wildman–Crippen LogP) is 5.42. The van der Waals surface area contributed by atoms with Gasteiger partial charge in [-0.05, 0) is 73.9 Å². The molecule has 1 aliphatic heterocycles. The quantitative estimate of drug-likeness (QED) is 0.296. The number of aromatic nitrogens is 1. The van der Waals surface area contributed by atoms with E-state index in [1.54, 1.807) is 18.2 Å². The molecule has 2 heterocycles. The van der Waals surface area contributed by atoms with E-state index in [4.69, 9.17) is 9.15 Å². The molecule has 4 aromatic rings. The first-order chi connectivity index (χ1) is 17.3. The zero-order chi connectivity index (χ0) is 25.4. The molecule has 0 radical (unpaired) electrons. The molecule has 184 valence electrons. The monoisotopic (exact) mass is 486 g/mol. The molecule has 0 atom stereocenters. The lowest BCUT2D eigenvalue weighted by atomic mass is 10.1. The second kappa shape index (κ2) is 9.43. The number of ether oxygens (including phenoxy) is 1. The summed E-state index contributed by atoms with van der Waals surface area (Å²) in [6, 6.07) is 14.1. The van der Waals surface area contributed by atoms with Crippen molar-refractivity contribution in [2.24, 2.45) is 0 Å². The van der Waals surface area contributed by atoms with Crippen molar-refractivity contribution < 1.29 is 18.9 Å².